The molecule has 3 fully saturated rings. The van der Waals surface area contributed by atoms with Crippen LogP contribution in [-0.4, -0.2) is 77.5 Å². The summed E-state index contributed by atoms with van der Waals surface area (Å²) in [5.41, 5.74) is 1.86. The monoisotopic (exact) mass is 625 g/mol. The third-order valence-corrected chi connectivity index (χ3v) is 9.63. The lowest BCUT2D eigenvalue weighted by atomic mass is 9.84. The number of aromatic nitrogens is 1. The van der Waals surface area contributed by atoms with Gasteiger partial charge in [0.25, 0.3) is 0 Å². The largest absolute Gasteiger partial charge is 0.462 e. The van der Waals surface area contributed by atoms with Crippen molar-refractivity contribution in [3.05, 3.63) is 59.4 Å². The Morgan fingerprint density at radius 2 is 1.91 bits per heavy atom. The van der Waals surface area contributed by atoms with Crippen LogP contribution in [0.1, 0.15) is 71.9 Å². The summed E-state index contributed by atoms with van der Waals surface area (Å²) >= 11 is 0. The van der Waals surface area contributed by atoms with E-state index in [9.17, 15) is 14.7 Å². The van der Waals surface area contributed by atoms with Gasteiger partial charge >= 0.3 is 11.9 Å². The second-order valence-corrected chi connectivity index (χ2v) is 13.3. The molecular formula is C35H47NO9. The Balaban J connectivity index is 1.33. The summed E-state index contributed by atoms with van der Waals surface area (Å²) in [4.78, 5) is 30.1. The molecule has 0 aromatic carbocycles. The molecule has 246 valence electrons. The topological polar surface area (TPSA) is 133 Å². The van der Waals surface area contributed by atoms with Gasteiger partial charge in [0.1, 0.15) is 35.9 Å². The number of fused-ring (bicyclic) bond motifs is 4. The van der Waals surface area contributed by atoms with E-state index in [4.69, 9.17) is 28.1 Å². The van der Waals surface area contributed by atoms with Gasteiger partial charge in [-0.25, -0.2) is 9.78 Å². The van der Waals surface area contributed by atoms with Crippen LogP contribution < -0.4 is 0 Å². The maximum atomic E-state index is 13.4. The van der Waals surface area contributed by atoms with Crippen molar-refractivity contribution in [1.82, 2.24) is 4.98 Å². The Kier molecular flexibility index (Phi) is 10.2. The van der Waals surface area contributed by atoms with Crippen molar-refractivity contribution in [2.24, 2.45) is 17.8 Å². The minimum absolute atomic E-state index is 0.0130. The normalized spacial score (nSPS) is 37.3. The second kappa shape index (κ2) is 13.7. The lowest BCUT2D eigenvalue weighted by molar-refractivity contribution is -0.159. The minimum Gasteiger partial charge on any atom is -0.462 e. The molecule has 4 aliphatic heterocycles. The van der Waals surface area contributed by atoms with Crippen LogP contribution in [0.2, 0.25) is 0 Å². The Bertz CT molecular complexity index is 1360. The highest BCUT2D eigenvalue weighted by Crippen LogP contribution is 2.44. The molecule has 0 spiro atoms. The van der Waals surface area contributed by atoms with Crippen molar-refractivity contribution in [2.75, 3.05) is 7.11 Å². The smallest absolute Gasteiger partial charge is 0.338 e. The van der Waals surface area contributed by atoms with E-state index in [0.717, 1.165) is 16.8 Å². The number of oxazole rings is 1. The average Bonchev–Trinajstić information content (AvgIpc) is 3.86. The molecule has 0 amide bonds. The second-order valence-electron chi connectivity index (χ2n) is 13.3. The van der Waals surface area contributed by atoms with E-state index in [2.05, 4.69) is 4.98 Å². The number of allylic oxidation sites excluding steroid dienone is 4. The molecule has 2 bridgehead atoms. The Hall–Kier alpha value is -3.05. The van der Waals surface area contributed by atoms with Crippen LogP contribution in [0.3, 0.4) is 0 Å². The van der Waals surface area contributed by atoms with Crippen LogP contribution in [0.15, 0.2) is 52.2 Å². The molecule has 3 saturated heterocycles. The molecule has 0 aliphatic carbocycles. The highest BCUT2D eigenvalue weighted by atomic mass is 16.6. The number of carbonyl (C=O) groups excluding carboxylic acids is 2. The molecule has 0 saturated carbocycles. The van der Waals surface area contributed by atoms with Crippen LogP contribution >= 0.6 is 0 Å². The highest BCUT2D eigenvalue weighted by Gasteiger charge is 2.57. The van der Waals surface area contributed by atoms with Gasteiger partial charge in [0.05, 0.1) is 18.3 Å². The number of cyclic esters (lactones) is 1. The lowest BCUT2D eigenvalue weighted by Gasteiger charge is -2.33. The minimum atomic E-state index is -0.905. The summed E-state index contributed by atoms with van der Waals surface area (Å²) in [5.74, 6) is -0.316. The summed E-state index contributed by atoms with van der Waals surface area (Å²) in [7, 11) is 1.63. The van der Waals surface area contributed by atoms with E-state index < -0.39 is 36.0 Å². The van der Waals surface area contributed by atoms with Crippen molar-refractivity contribution in [2.45, 2.75) is 116 Å². The number of aryl methyl sites for hydroxylation is 1. The summed E-state index contributed by atoms with van der Waals surface area (Å²) in [6, 6.07) is 0. The van der Waals surface area contributed by atoms with E-state index in [1.807, 2.05) is 71.1 Å². The SMILES string of the molecule is CO[C@@H](C(C)=CC=CC(C)=Cc1coc(C)n1)[C@@H](C)C1C[C@H](O)[C@]2(C)O[C@@H]2C=C[C@@H](C)[C@H]2CC(CC(=O)O2)C[C@H]2O[C@H]2C(=O)O1. The number of methoxy groups -OCH3 is 1. The van der Waals surface area contributed by atoms with Gasteiger partial charge in [0, 0.05) is 38.7 Å². The molecule has 45 heavy (non-hydrogen) atoms. The Morgan fingerprint density at radius 3 is 2.62 bits per heavy atom. The molecule has 4 aliphatic rings. The average molecular weight is 626 g/mol. The van der Waals surface area contributed by atoms with Gasteiger partial charge in [-0.2, -0.15) is 0 Å². The molecule has 10 nitrogen and oxygen atoms in total. The molecule has 10 heteroatoms. The lowest BCUT2D eigenvalue weighted by Crippen LogP contribution is -2.42. The van der Waals surface area contributed by atoms with Crippen molar-refractivity contribution in [3.8, 4) is 0 Å². The van der Waals surface area contributed by atoms with Crippen LogP contribution in [-0.2, 0) is 33.3 Å². The number of esters is 2. The number of rotatable bonds is 7. The van der Waals surface area contributed by atoms with E-state index in [1.165, 1.54) is 0 Å². The van der Waals surface area contributed by atoms with Gasteiger partial charge in [-0.05, 0) is 56.8 Å². The molecule has 0 radical (unpaired) electrons. The number of hydrogen-bond acceptors (Lipinski definition) is 10. The van der Waals surface area contributed by atoms with E-state index in [0.29, 0.717) is 25.2 Å². The number of ether oxygens (including phenoxy) is 5. The fourth-order valence-corrected chi connectivity index (χ4v) is 6.64. The van der Waals surface area contributed by atoms with Gasteiger partial charge in [-0.3, -0.25) is 4.79 Å². The van der Waals surface area contributed by atoms with Crippen molar-refractivity contribution in [1.29, 1.82) is 0 Å². The molecule has 11 atom stereocenters. The number of aliphatic hydroxyl groups excluding tert-OH is 1. The maximum Gasteiger partial charge on any atom is 0.338 e. The van der Waals surface area contributed by atoms with Crippen LogP contribution in [0.25, 0.3) is 6.08 Å². The third-order valence-electron chi connectivity index (χ3n) is 9.63. The highest BCUT2D eigenvalue weighted by molar-refractivity contribution is 5.78. The summed E-state index contributed by atoms with van der Waals surface area (Å²) in [6.07, 6.45) is 11.7. The van der Waals surface area contributed by atoms with Gasteiger partial charge in [0.2, 0.25) is 0 Å². The summed E-state index contributed by atoms with van der Waals surface area (Å²) in [6.45, 7) is 11.6. The van der Waals surface area contributed by atoms with E-state index in [1.54, 1.807) is 20.3 Å². The molecule has 5 heterocycles. The first-order valence-corrected chi connectivity index (χ1v) is 16.0. The quantitative estimate of drug-likeness (QED) is 0.190. The van der Waals surface area contributed by atoms with Gasteiger partial charge < -0.3 is 33.2 Å². The summed E-state index contributed by atoms with van der Waals surface area (Å²) in [5, 5.41) is 11.4. The number of nitrogens with zero attached hydrogens (tertiary/aromatic N) is 1. The Morgan fingerprint density at radius 1 is 1.16 bits per heavy atom. The van der Waals surface area contributed by atoms with Crippen molar-refractivity contribution < 1.29 is 42.8 Å². The zero-order valence-electron chi connectivity index (χ0n) is 27.3. The van der Waals surface area contributed by atoms with Crippen LogP contribution in [0, 0.1) is 24.7 Å². The first-order valence-electron chi connectivity index (χ1n) is 16.0. The molecular weight excluding hydrogens is 578 g/mol. The Labute approximate surface area is 265 Å². The summed E-state index contributed by atoms with van der Waals surface area (Å²) < 4.78 is 34.7. The van der Waals surface area contributed by atoms with E-state index in [-0.39, 0.29) is 48.5 Å². The zero-order valence-corrected chi connectivity index (χ0v) is 27.3. The zero-order chi connectivity index (χ0) is 32.5. The molecule has 5 rings (SSSR count). The number of hydrogen-bond donors (Lipinski definition) is 1. The molecule has 1 aromatic heterocycles. The fourth-order valence-electron chi connectivity index (χ4n) is 6.64. The van der Waals surface area contributed by atoms with E-state index >= 15 is 0 Å². The number of aliphatic hydroxyl groups is 1. The van der Waals surface area contributed by atoms with Crippen molar-refractivity contribution in [3.63, 3.8) is 0 Å². The first kappa shape index (κ1) is 33.3. The molecule has 1 aromatic rings. The van der Waals surface area contributed by atoms with Gasteiger partial charge in [-0.1, -0.05) is 44.2 Å². The van der Waals surface area contributed by atoms with Gasteiger partial charge in [0.15, 0.2) is 12.0 Å². The first-order chi connectivity index (χ1) is 21.4. The standard InChI is InChI=1S/C35H47NO9/c1-19(13-25-18-41-23(5)36-25)9-8-10-21(3)32(40-7)22(4)27-17-29(37)35(6)30(45-35)12-11-20(2)26-14-24(16-31(38)42-26)15-28-33(43-28)34(39)44-27/h8-13,18,20,22,24,26-30,32-33,37H,14-17H2,1-7H3/t20-,22+,24?,26-,27?,28-,29+,30-,32+,33-,35+/m1/s1. The van der Waals surface area contributed by atoms with Crippen LogP contribution in [0.5, 0.6) is 0 Å². The predicted molar refractivity (Wildman–Crippen MR) is 166 cm³/mol. The van der Waals surface area contributed by atoms with Gasteiger partial charge in [-0.15, -0.1) is 0 Å². The molecule has 2 unspecified atom stereocenters. The fraction of sp³-hybridized carbons (Fsp3) is 0.629. The van der Waals surface area contributed by atoms with Crippen LogP contribution in [0.4, 0.5) is 0 Å². The third kappa shape index (κ3) is 8.03. The maximum absolute atomic E-state index is 13.4. The molecule has 1 N–H and O–H groups in total. The predicted octanol–water partition coefficient (Wildman–Crippen LogP) is 5.05. The number of epoxide rings is 2. The number of carbonyl (C=O) groups is 2. The van der Waals surface area contributed by atoms with Crippen molar-refractivity contribution >= 4 is 18.0 Å².